The van der Waals surface area contributed by atoms with E-state index < -0.39 is 0 Å². The van der Waals surface area contributed by atoms with E-state index >= 15 is 0 Å². The van der Waals surface area contributed by atoms with Crippen molar-refractivity contribution in [3.05, 3.63) is 76.9 Å². The number of nitrogens with one attached hydrogen (secondary N) is 1. The lowest BCUT2D eigenvalue weighted by atomic mass is 10.1. The van der Waals surface area contributed by atoms with Gasteiger partial charge in [0.05, 0.1) is 25.3 Å². The molecular weight excluding hydrogens is 412 g/mol. The lowest BCUT2D eigenvalue weighted by Gasteiger charge is -2.26. The van der Waals surface area contributed by atoms with Gasteiger partial charge in [-0.1, -0.05) is 54.1 Å². The van der Waals surface area contributed by atoms with Crippen molar-refractivity contribution in [1.82, 2.24) is 20.0 Å². The minimum Gasteiger partial charge on any atom is -0.379 e. The first-order valence-corrected chi connectivity index (χ1v) is 11.0. The Labute approximate surface area is 187 Å². The third-order valence-corrected chi connectivity index (χ3v) is 5.60. The smallest absolute Gasteiger partial charge is 0.255 e. The molecule has 31 heavy (non-hydrogen) atoms. The van der Waals surface area contributed by atoms with Crippen LogP contribution in [0, 0.1) is 0 Å². The zero-order chi connectivity index (χ0) is 21.5. The molecule has 1 saturated heterocycles. The molecule has 4 rings (SSSR count). The van der Waals surface area contributed by atoms with Gasteiger partial charge in [-0.15, -0.1) is 0 Å². The standard InChI is InChI=1S/C24H27ClN4O2/c25-21-9-7-20(8-10-21)23-22(18-29(27-23)17-19-5-2-1-3-6-19)24(30)26-11-4-12-28-13-15-31-16-14-28/h1-3,5-10,18H,4,11-17H2,(H,26,30). The molecule has 0 radical (unpaired) electrons. The van der Waals surface area contributed by atoms with Gasteiger partial charge in [0, 0.05) is 36.4 Å². The molecule has 2 aromatic carbocycles. The molecule has 162 valence electrons. The molecule has 6 nitrogen and oxygen atoms in total. The lowest BCUT2D eigenvalue weighted by molar-refractivity contribution is 0.0374. The van der Waals surface area contributed by atoms with Crippen LogP contribution in [-0.2, 0) is 11.3 Å². The molecule has 2 heterocycles. The Hall–Kier alpha value is -2.67. The SMILES string of the molecule is O=C(NCCCN1CCOCC1)c1cn(Cc2ccccc2)nc1-c1ccc(Cl)cc1. The van der Waals surface area contributed by atoms with Gasteiger partial charge in [0.15, 0.2) is 0 Å². The van der Waals surface area contributed by atoms with Gasteiger partial charge < -0.3 is 10.1 Å². The van der Waals surface area contributed by atoms with Crippen LogP contribution >= 0.6 is 11.6 Å². The predicted octanol–water partition coefficient (Wildman–Crippen LogP) is 3.70. The monoisotopic (exact) mass is 438 g/mol. The van der Waals surface area contributed by atoms with Crippen LogP contribution < -0.4 is 5.32 Å². The summed E-state index contributed by atoms with van der Waals surface area (Å²) in [6.07, 6.45) is 2.73. The van der Waals surface area contributed by atoms with Gasteiger partial charge >= 0.3 is 0 Å². The van der Waals surface area contributed by atoms with Crippen molar-refractivity contribution in [3.63, 3.8) is 0 Å². The minimum atomic E-state index is -0.105. The zero-order valence-electron chi connectivity index (χ0n) is 17.5. The van der Waals surface area contributed by atoms with Gasteiger partial charge in [-0.05, 0) is 30.7 Å². The fraction of sp³-hybridized carbons (Fsp3) is 0.333. The number of benzene rings is 2. The molecule has 0 unspecified atom stereocenters. The number of rotatable bonds is 8. The fourth-order valence-electron chi connectivity index (χ4n) is 3.68. The van der Waals surface area contributed by atoms with E-state index in [9.17, 15) is 4.79 Å². The highest BCUT2D eigenvalue weighted by molar-refractivity contribution is 6.30. The van der Waals surface area contributed by atoms with Crippen LogP contribution in [0.2, 0.25) is 5.02 Å². The van der Waals surface area contributed by atoms with Crippen molar-refractivity contribution in [1.29, 1.82) is 0 Å². The van der Waals surface area contributed by atoms with Crippen molar-refractivity contribution >= 4 is 17.5 Å². The van der Waals surface area contributed by atoms with E-state index in [2.05, 4.69) is 22.3 Å². The number of hydrogen-bond donors (Lipinski definition) is 1. The van der Waals surface area contributed by atoms with Crippen LogP contribution in [0.15, 0.2) is 60.8 Å². The summed E-state index contributed by atoms with van der Waals surface area (Å²) >= 11 is 6.05. The number of nitrogens with zero attached hydrogens (tertiary/aromatic N) is 3. The van der Waals surface area contributed by atoms with Crippen LogP contribution in [0.25, 0.3) is 11.3 Å². The summed E-state index contributed by atoms with van der Waals surface area (Å²) in [5.41, 5.74) is 3.24. The molecule has 7 heteroatoms. The number of carbonyl (C=O) groups excluding carboxylic acids is 1. The molecule has 0 saturated carbocycles. The van der Waals surface area contributed by atoms with Crippen LogP contribution in [-0.4, -0.2) is 60.0 Å². The normalized spacial score (nSPS) is 14.5. The van der Waals surface area contributed by atoms with E-state index in [0.717, 1.165) is 50.4 Å². The van der Waals surface area contributed by atoms with Gasteiger partial charge in [-0.3, -0.25) is 14.4 Å². The highest BCUT2D eigenvalue weighted by Crippen LogP contribution is 2.24. The Morgan fingerprint density at radius 1 is 1.06 bits per heavy atom. The summed E-state index contributed by atoms with van der Waals surface area (Å²) in [6, 6.07) is 17.5. The molecule has 0 spiro atoms. The number of halogens is 1. The topological polar surface area (TPSA) is 59.4 Å². The predicted molar refractivity (Wildman–Crippen MR) is 122 cm³/mol. The second-order valence-electron chi connectivity index (χ2n) is 7.64. The van der Waals surface area contributed by atoms with Crippen molar-refractivity contribution < 1.29 is 9.53 Å². The van der Waals surface area contributed by atoms with E-state index in [1.54, 1.807) is 0 Å². The Bertz CT molecular complexity index is 983. The first-order chi connectivity index (χ1) is 15.2. The van der Waals surface area contributed by atoms with Crippen molar-refractivity contribution in [2.45, 2.75) is 13.0 Å². The van der Waals surface area contributed by atoms with Gasteiger partial charge in [-0.25, -0.2) is 0 Å². The van der Waals surface area contributed by atoms with E-state index in [0.29, 0.717) is 29.4 Å². The molecule has 1 aromatic heterocycles. The third kappa shape index (κ3) is 5.94. The number of aromatic nitrogens is 2. The zero-order valence-corrected chi connectivity index (χ0v) is 18.2. The largest absolute Gasteiger partial charge is 0.379 e. The second kappa shape index (κ2) is 10.6. The highest BCUT2D eigenvalue weighted by atomic mass is 35.5. The van der Waals surface area contributed by atoms with Crippen LogP contribution in [0.1, 0.15) is 22.3 Å². The molecule has 3 aromatic rings. The Morgan fingerprint density at radius 2 is 1.81 bits per heavy atom. The highest BCUT2D eigenvalue weighted by Gasteiger charge is 2.18. The average molecular weight is 439 g/mol. The summed E-state index contributed by atoms with van der Waals surface area (Å²) in [4.78, 5) is 15.4. The maximum atomic E-state index is 13.0. The number of ether oxygens (including phenoxy) is 1. The summed E-state index contributed by atoms with van der Waals surface area (Å²) in [6.45, 7) is 5.68. The Kier molecular flexibility index (Phi) is 7.35. The van der Waals surface area contributed by atoms with E-state index in [4.69, 9.17) is 21.4 Å². The first kappa shape index (κ1) is 21.6. The van der Waals surface area contributed by atoms with Gasteiger partial charge in [0.25, 0.3) is 5.91 Å². The first-order valence-electron chi connectivity index (χ1n) is 10.6. The molecule has 0 aliphatic carbocycles. The van der Waals surface area contributed by atoms with E-state index in [1.165, 1.54) is 0 Å². The molecule has 0 bridgehead atoms. The maximum Gasteiger partial charge on any atom is 0.255 e. The summed E-state index contributed by atoms with van der Waals surface area (Å²) in [7, 11) is 0. The fourth-order valence-corrected chi connectivity index (χ4v) is 3.81. The van der Waals surface area contributed by atoms with E-state index in [1.807, 2.05) is 53.3 Å². The van der Waals surface area contributed by atoms with Crippen LogP contribution in [0.4, 0.5) is 0 Å². The minimum absolute atomic E-state index is 0.105. The maximum absolute atomic E-state index is 13.0. The van der Waals surface area contributed by atoms with Crippen LogP contribution in [0.3, 0.4) is 0 Å². The van der Waals surface area contributed by atoms with Crippen molar-refractivity contribution in [2.24, 2.45) is 0 Å². The molecule has 1 N–H and O–H groups in total. The quantitative estimate of drug-likeness (QED) is 0.545. The Balaban J connectivity index is 1.46. The van der Waals surface area contributed by atoms with E-state index in [-0.39, 0.29) is 5.91 Å². The number of carbonyl (C=O) groups is 1. The van der Waals surface area contributed by atoms with Crippen molar-refractivity contribution in [3.8, 4) is 11.3 Å². The summed E-state index contributed by atoms with van der Waals surface area (Å²) in [5, 5.41) is 8.43. The number of morpholine rings is 1. The van der Waals surface area contributed by atoms with Crippen molar-refractivity contribution in [2.75, 3.05) is 39.4 Å². The second-order valence-corrected chi connectivity index (χ2v) is 8.08. The molecule has 1 aliphatic rings. The number of hydrogen-bond acceptors (Lipinski definition) is 4. The lowest BCUT2D eigenvalue weighted by Crippen LogP contribution is -2.38. The van der Waals surface area contributed by atoms with Gasteiger partial charge in [-0.2, -0.15) is 5.10 Å². The molecule has 1 aliphatic heterocycles. The Morgan fingerprint density at radius 3 is 2.55 bits per heavy atom. The molecule has 0 atom stereocenters. The van der Waals surface area contributed by atoms with Gasteiger partial charge in [0.1, 0.15) is 5.69 Å². The summed E-state index contributed by atoms with van der Waals surface area (Å²) < 4.78 is 7.20. The van der Waals surface area contributed by atoms with Gasteiger partial charge in [0.2, 0.25) is 0 Å². The molecular formula is C24H27ClN4O2. The number of amides is 1. The third-order valence-electron chi connectivity index (χ3n) is 5.35. The average Bonchev–Trinajstić information content (AvgIpc) is 3.22. The van der Waals surface area contributed by atoms with Crippen LogP contribution in [0.5, 0.6) is 0 Å². The summed E-state index contributed by atoms with van der Waals surface area (Å²) in [5.74, 6) is -0.105. The molecule has 1 fully saturated rings. The molecule has 1 amide bonds.